The van der Waals surface area contributed by atoms with Crippen LogP contribution in [-0.2, 0) is 19.6 Å². The lowest BCUT2D eigenvalue weighted by molar-refractivity contribution is -0.119. The molecule has 4 aromatic carbocycles. The fourth-order valence-electron chi connectivity index (χ4n) is 3.70. The Kier molecular flexibility index (Phi) is 10.3. The first-order chi connectivity index (χ1) is 20.6. The van der Waals surface area contributed by atoms with Gasteiger partial charge in [0.2, 0.25) is 0 Å². The average Bonchev–Trinajstić information content (AvgIpc) is 3.00. The van der Waals surface area contributed by atoms with Gasteiger partial charge in [0.25, 0.3) is 21.8 Å². The van der Waals surface area contributed by atoms with Crippen LogP contribution in [0.4, 0.5) is 15.8 Å². The summed E-state index contributed by atoms with van der Waals surface area (Å²) in [6.45, 7) is -0.831. The Morgan fingerprint density at radius 1 is 0.930 bits per heavy atom. The summed E-state index contributed by atoms with van der Waals surface area (Å²) in [6, 6.07) is 23.8. The van der Waals surface area contributed by atoms with Gasteiger partial charge in [0.1, 0.15) is 23.9 Å². The van der Waals surface area contributed by atoms with E-state index in [0.717, 1.165) is 4.31 Å². The Morgan fingerprint density at radius 2 is 1.60 bits per heavy atom. The molecule has 10 nitrogen and oxygen atoms in total. The highest BCUT2D eigenvalue weighted by atomic mass is 35.5. The number of halogens is 2. The Morgan fingerprint density at radius 3 is 2.26 bits per heavy atom. The number of carbonyl (C=O) groups is 2. The van der Waals surface area contributed by atoms with Crippen LogP contribution in [0.2, 0.25) is 5.02 Å². The summed E-state index contributed by atoms with van der Waals surface area (Å²) in [5, 5.41) is 6.81. The lowest BCUT2D eigenvalue weighted by Crippen LogP contribution is -2.39. The number of amides is 2. The van der Waals surface area contributed by atoms with Gasteiger partial charge in [0, 0.05) is 10.7 Å². The molecule has 0 radical (unpaired) electrons. The van der Waals surface area contributed by atoms with Crippen LogP contribution in [0.1, 0.15) is 5.56 Å². The second-order valence-corrected chi connectivity index (χ2v) is 11.2. The van der Waals surface area contributed by atoms with Crippen molar-refractivity contribution in [3.8, 4) is 11.5 Å². The third-order valence-corrected chi connectivity index (χ3v) is 7.83. The van der Waals surface area contributed by atoms with Gasteiger partial charge in [0.05, 0.1) is 23.9 Å². The van der Waals surface area contributed by atoms with Crippen LogP contribution in [0, 0.1) is 5.82 Å². The topological polar surface area (TPSA) is 126 Å². The number of nitrogens with zero attached hydrogens (tertiary/aromatic N) is 2. The second-order valence-electron chi connectivity index (χ2n) is 8.87. The number of carbonyl (C=O) groups excluding carboxylic acids is 2. The minimum atomic E-state index is -4.16. The van der Waals surface area contributed by atoms with E-state index in [1.54, 1.807) is 36.4 Å². The molecule has 4 rings (SSSR count). The lowest BCUT2D eigenvalue weighted by atomic mass is 10.2. The van der Waals surface area contributed by atoms with Gasteiger partial charge < -0.3 is 14.8 Å². The van der Waals surface area contributed by atoms with E-state index in [-0.39, 0.29) is 17.2 Å². The number of sulfonamides is 1. The normalized spacial score (nSPS) is 11.1. The summed E-state index contributed by atoms with van der Waals surface area (Å²) in [5.74, 6) is -0.625. The number of hydrogen-bond acceptors (Lipinski definition) is 7. The number of anilines is 2. The lowest BCUT2D eigenvalue weighted by Gasteiger charge is -2.24. The fourth-order valence-corrected chi connectivity index (χ4v) is 5.29. The van der Waals surface area contributed by atoms with Crippen LogP contribution in [0.3, 0.4) is 0 Å². The maximum Gasteiger partial charge on any atom is 0.264 e. The zero-order valence-electron chi connectivity index (χ0n) is 22.7. The van der Waals surface area contributed by atoms with Crippen molar-refractivity contribution in [3.63, 3.8) is 0 Å². The summed E-state index contributed by atoms with van der Waals surface area (Å²) in [6.07, 6.45) is 1.37. The summed E-state index contributed by atoms with van der Waals surface area (Å²) in [7, 11) is -2.69. The van der Waals surface area contributed by atoms with Crippen LogP contribution < -0.4 is 24.5 Å². The molecule has 0 spiro atoms. The largest absolute Gasteiger partial charge is 0.497 e. The predicted octanol–water partition coefficient (Wildman–Crippen LogP) is 4.85. The van der Waals surface area contributed by atoms with Crippen molar-refractivity contribution in [2.45, 2.75) is 4.90 Å². The number of nitrogens with one attached hydrogen (secondary N) is 2. The highest BCUT2D eigenvalue weighted by Gasteiger charge is 2.27. The van der Waals surface area contributed by atoms with Crippen LogP contribution in [-0.4, -0.2) is 46.7 Å². The Labute approximate surface area is 252 Å². The van der Waals surface area contributed by atoms with E-state index in [9.17, 15) is 22.4 Å². The van der Waals surface area contributed by atoms with Gasteiger partial charge in [-0.15, -0.1) is 0 Å². The van der Waals surface area contributed by atoms with Gasteiger partial charge in [-0.05, 0) is 96.6 Å². The molecule has 0 aliphatic rings. The first kappa shape index (κ1) is 31.0. The molecule has 0 aliphatic heterocycles. The molecule has 0 bridgehead atoms. The van der Waals surface area contributed by atoms with E-state index in [1.807, 2.05) is 0 Å². The fraction of sp³-hybridized carbons (Fsp3) is 0.100. The molecule has 0 saturated heterocycles. The molecular weight excluding hydrogens is 599 g/mol. The molecule has 0 aromatic heterocycles. The monoisotopic (exact) mass is 624 g/mol. The van der Waals surface area contributed by atoms with Crippen molar-refractivity contribution in [1.29, 1.82) is 0 Å². The Bertz CT molecular complexity index is 1700. The first-order valence-corrected chi connectivity index (χ1v) is 14.5. The SMILES string of the molecule is COc1ccc(S(=O)(=O)N(CC(=O)N/N=C\c2ccc(OCC(=O)Nc3ccc(F)cc3)cc2)c2cccc(Cl)c2)cc1. The Hall–Kier alpha value is -4.94. The van der Waals surface area contributed by atoms with Crippen LogP contribution in [0.5, 0.6) is 11.5 Å². The third-order valence-electron chi connectivity index (χ3n) is 5.81. The molecule has 0 atom stereocenters. The average molecular weight is 625 g/mol. The predicted molar refractivity (Wildman–Crippen MR) is 162 cm³/mol. The molecular formula is C30H26ClFN4O6S. The highest BCUT2D eigenvalue weighted by Crippen LogP contribution is 2.27. The number of hydrogen-bond donors (Lipinski definition) is 2. The number of methoxy groups -OCH3 is 1. The van der Waals surface area contributed by atoms with E-state index in [1.165, 1.54) is 74.0 Å². The minimum absolute atomic E-state index is 0.0418. The van der Waals surface area contributed by atoms with Crippen molar-refractivity contribution in [3.05, 3.63) is 113 Å². The van der Waals surface area contributed by atoms with Gasteiger partial charge in [0.15, 0.2) is 6.61 Å². The number of rotatable bonds is 12. The summed E-state index contributed by atoms with van der Waals surface area (Å²) in [4.78, 5) is 24.8. The molecule has 0 unspecified atom stereocenters. The van der Waals surface area contributed by atoms with Gasteiger partial charge in [-0.2, -0.15) is 5.10 Å². The van der Waals surface area contributed by atoms with E-state index in [0.29, 0.717) is 27.8 Å². The maximum atomic E-state index is 13.5. The summed E-state index contributed by atoms with van der Waals surface area (Å²) < 4.78 is 51.4. The summed E-state index contributed by atoms with van der Waals surface area (Å²) in [5.41, 5.74) is 3.57. The van der Waals surface area contributed by atoms with Crippen molar-refractivity contribution >= 4 is 51.0 Å². The van der Waals surface area contributed by atoms with E-state index < -0.39 is 34.2 Å². The molecule has 222 valence electrons. The molecule has 0 heterocycles. The highest BCUT2D eigenvalue weighted by molar-refractivity contribution is 7.92. The molecule has 13 heteroatoms. The van der Waals surface area contributed by atoms with E-state index >= 15 is 0 Å². The second kappa shape index (κ2) is 14.3. The smallest absolute Gasteiger partial charge is 0.264 e. The quantitative estimate of drug-likeness (QED) is 0.171. The maximum absolute atomic E-state index is 13.5. The zero-order chi connectivity index (χ0) is 30.8. The van der Waals surface area contributed by atoms with E-state index in [2.05, 4.69) is 15.8 Å². The van der Waals surface area contributed by atoms with E-state index in [4.69, 9.17) is 21.1 Å². The van der Waals surface area contributed by atoms with Crippen LogP contribution in [0.15, 0.2) is 107 Å². The van der Waals surface area contributed by atoms with Crippen molar-refractivity contribution in [2.75, 3.05) is 29.9 Å². The first-order valence-electron chi connectivity index (χ1n) is 12.7. The molecule has 2 amide bonds. The number of benzene rings is 4. The minimum Gasteiger partial charge on any atom is -0.497 e. The Balaban J connectivity index is 1.35. The van der Waals surface area contributed by atoms with Crippen molar-refractivity contribution in [1.82, 2.24) is 5.43 Å². The van der Waals surface area contributed by atoms with Crippen molar-refractivity contribution in [2.24, 2.45) is 5.10 Å². The number of hydrazone groups is 1. The molecule has 4 aromatic rings. The molecule has 0 saturated carbocycles. The molecule has 43 heavy (non-hydrogen) atoms. The van der Waals surface area contributed by atoms with Crippen LogP contribution in [0.25, 0.3) is 0 Å². The number of ether oxygens (including phenoxy) is 2. The summed E-state index contributed by atoms with van der Waals surface area (Å²) >= 11 is 6.09. The van der Waals surface area contributed by atoms with Crippen molar-refractivity contribution < 1.29 is 31.9 Å². The van der Waals surface area contributed by atoms with Gasteiger partial charge in [-0.3, -0.25) is 13.9 Å². The zero-order valence-corrected chi connectivity index (χ0v) is 24.3. The standard InChI is InChI=1S/C30H26ClFN4O6S/c1-41-26-13-15-28(16-14-26)43(39,40)36(25-4-2-3-22(31)17-25)19-29(37)35-33-18-21-5-11-27(12-6-21)42-20-30(38)34-24-9-7-23(32)8-10-24/h2-18H,19-20H2,1H3,(H,34,38)(H,35,37)/b33-18-. The third kappa shape index (κ3) is 8.77. The molecule has 2 N–H and O–H groups in total. The van der Waals surface area contributed by atoms with Gasteiger partial charge >= 0.3 is 0 Å². The molecule has 0 aliphatic carbocycles. The molecule has 0 fully saturated rings. The van der Waals surface area contributed by atoms with Gasteiger partial charge in [-0.25, -0.2) is 18.2 Å². The van der Waals surface area contributed by atoms with Gasteiger partial charge in [-0.1, -0.05) is 17.7 Å². The van der Waals surface area contributed by atoms with Crippen LogP contribution >= 0.6 is 11.6 Å².